The van der Waals surface area contributed by atoms with Crippen molar-refractivity contribution < 1.29 is 13.2 Å². The highest BCUT2D eigenvalue weighted by atomic mass is 35.5. The molecule has 0 spiro atoms. The van der Waals surface area contributed by atoms with Gasteiger partial charge in [-0.3, -0.25) is 4.57 Å². The van der Waals surface area contributed by atoms with E-state index >= 15 is 0 Å². The molecule has 0 unspecified atom stereocenters. The molecule has 130 valence electrons. The fraction of sp³-hybridized carbons (Fsp3) is 0.176. The molecule has 0 atom stereocenters. The maximum Gasteiger partial charge on any atom is 0.155 e. The molecular weight excluding hydrogens is 362 g/mol. The Kier molecular flexibility index (Phi) is 5.35. The summed E-state index contributed by atoms with van der Waals surface area (Å²) in [5, 5.41) is 0.359. The number of halogens is 1. The number of ether oxygens (including phenoxy) is 1. The van der Waals surface area contributed by atoms with Crippen LogP contribution in [0.5, 0.6) is 5.75 Å². The fourth-order valence-corrected chi connectivity index (χ4v) is 3.17. The van der Waals surface area contributed by atoms with Gasteiger partial charge in [0.25, 0.3) is 0 Å². The van der Waals surface area contributed by atoms with Crippen LogP contribution in [0, 0.1) is 0 Å². The average Bonchev–Trinajstić information content (AvgIpc) is 2.98. The van der Waals surface area contributed by atoms with Crippen LogP contribution >= 0.6 is 11.6 Å². The predicted octanol–water partition coefficient (Wildman–Crippen LogP) is 3.10. The van der Waals surface area contributed by atoms with E-state index in [0.29, 0.717) is 28.8 Å². The molecule has 2 aromatic heterocycles. The van der Waals surface area contributed by atoms with Crippen molar-refractivity contribution in [3.63, 3.8) is 0 Å². The summed E-state index contributed by atoms with van der Waals surface area (Å²) in [4.78, 5) is 8.48. The molecule has 0 saturated carbocycles. The number of rotatable bonds is 6. The third-order valence-corrected chi connectivity index (χ3v) is 4.43. The van der Waals surface area contributed by atoms with Gasteiger partial charge in [-0.1, -0.05) is 17.7 Å². The van der Waals surface area contributed by atoms with Gasteiger partial charge in [-0.15, -0.1) is 0 Å². The van der Waals surface area contributed by atoms with Crippen LogP contribution in [0.25, 0.3) is 17.1 Å². The zero-order valence-electron chi connectivity index (χ0n) is 13.4. The molecule has 0 N–H and O–H groups in total. The second kappa shape index (κ2) is 7.67. The summed E-state index contributed by atoms with van der Waals surface area (Å²) < 4.78 is 28.8. The van der Waals surface area contributed by atoms with E-state index in [9.17, 15) is 8.42 Å². The maximum atomic E-state index is 10.8. The first-order valence-electron chi connectivity index (χ1n) is 7.61. The largest absolute Gasteiger partial charge is 0.494 e. The first-order chi connectivity index (χ1) is 12.1. The summed E-state index contributed by atoms with van der Waals surface area (Å²) in [7, 11) is -2.48. The molecule has 6 nitrogen and oxygen atoms in total. The molecule has 0 fully saturated rings. The quantitative estimate of drug-likeness (QED) is 0.668. The van der Waals surface area contributed by atoms with Crippen molar-refractivity contribution in [1.82, 2.24) is 14.5 Å². The Hall–Kier alpha value is -2.38. The van der Waals surface area contributed by atoms with Gasteiger partial charge >= 0.3 is 0 Å². The van der Waals surface area contributed by atoms with Gasteiger partial charge in [-0.05, 0) is 42.8 Å². The van der Waals surface area contributed by atoms with Gasteiger partial charge in [-0.25, -0.2) is 18.4 Å². The Balaban J connectivity index is 1.96. The Labute approximate surface area is 152 Å². The third-order valence-electron chi connectivity index (χ3n) is 3.53. The van der Waals surface area contributed by atoms with Gasteiger partial charge in [0.2, 0.25) is 0 Å². The summed E-state index contributed by atoms with van der Waals surface area (Å²) in [6.07, 6.45) is 3.13. The van der Waals surface area contributed by atoms with E-state index in [1.807, 2.05) is 31.2 Å². The second-order valence-electron chi connectivity index (χ2n) is 5.23. The normalized spacial score (nSPS) is 11.0. The number of benzene rings is 1. The number of thiol groups is 1. The van der Waals surface area contributed by atoms with Crippen LogP contribution in [-0.2, 0) is 16.5 Å². The van der Waals surface area contributed by atoms with Crippen LogP contribution in [0.4, 0.5) is 0 Å². The second-order valence-corrected chi connectivity index (χ2v) is 6.57. The zero-order chi connectivity index (χ0) is 17.8. The van der Waals surface area contributed by atoms with Crippen LogP contribution < -0.4 is 4.74 Å². The predicted molar refractivity (Wildman–Crippen MR) is 97.0 cm³/mol. The highest BCUT2D eigenvalue weighted by Gasteiger charge is 2.14. The zero-order valence-corrected chi connectivity index (χ0v) is 15.1. The van der Waals surface area contributed by atoms with Crippen molar-refractivity contribution in [3.8, 4) is 22.8 Å². The van der Waals surface area contributed by atoms with E-state index in [1.54, 1.807) is 23.0 Å². The lowest BCUT2D eigenvalue weighted by Crippen LogP contribution is -2.00. The molecule has 0 bridgehead atoms. The Bertz CT molecular complexity index is 927. The Morgan fingerprint density at radius 3 is 2.48 bits per heavy atom. The smallest absolute Gasteiger partial charge is 0.155 e. The van der Waals surface area contributed by atoms with Crippen LogP contribution in [0.1, 0.15) is 12.5 Å². The first-order valence-corrected chi connectivity index (χ1v) is 9.35. The molecule has 3 aromatic rings. The summed E-state index contributed by atoms with van der Waals surface area (Å²) in [6, 6.07) is 11.0. The van der Waals surface area contributed by atoms with E-state index in [1.165, 1.54) is 6.20 Å². The van der Waals surface area contributed by atoms with Crippen LogP contribution in [0.15, 0.2) is 48.9 Å². The van der Waals surface area contributed by atoms with Crippen LogP contribution in [0.2, 0.25) is 5.15 Å². The summed E-state index contributed by atoms with van der Waals surface area (Å²) in [5.41, 5.74) is 2.22. The van der Waals surface area contributed by atoms with Crippen LogP contribution in [0.3, 0.4) is 0 Å². The van der Waals surface area contributed by atoms with Crippen molar-refractivity contribution in [2.24, 2.45) is 0 Å². The molecule has 8 heteroatoms. The van der Waals surface area contributed by atoms with Crippen LogP contribution in [-0.4, -0.2) is 29.6 Å². The molecule has 0 aliphatic carbocycles. The highest BCUT2D eigenvalue weighted by Crippen LogP contribution is 2.30. The molecule has 0 radical (unpaired) electrons. The number of nitrogens with zero attached hydrogens (tertiary/aromatic N) is 3. The van der Waals surface area contributed by atoms with E-state index < -0.39 is 10.7 Å². The lowest BCUT2D eigenvalue weighted by molar-refractivity contribution is 0.340. The topological polar surface area (TPSA) is 74.1 Å². The molecule has 0 amide bonds. The van der Waals surface area contributed by atoms with Crippen molar-refractivity contribution in [3.05, 3.63) is 59.6 Å². The molecule has 0 saturated heterocycles. The van der Waals surface area contributed by atoms with Gasteiger partial charge in [0.15, 0.2) is 5.15 Å². The van der Waals surface area contributed by atoms with Gasteiger partial charge in [0, 0.05) is 11.8 Å². The average molecular weight is 378 g/mol. The maximum absolute atomic E-state index is 10.8. The van der Waals surface area contributed by atoms with Crippen molar-refractivity contribution in [2.45, 2.75) is 12.7 Å². The number of aromatic nitrogens is 3. The fourth-order valence-electron chi connectivity index (χ4n) is 2.44. The van der Waals surface area contributed by atoms with Gasteiger partial charge in [0.1, 0.15) is 28.6 Å². The highest BCUT2D eigenvalue weighted by molar-refractivity contribution is 7.71. The Morgan fingerprint density at radius 1 is 1.12 bits per heavy atom. The van der Waals surface area contributed by atoms with Gasteiger partial charge in [-0.2, -0.15) is 0 Å². The van der Waals surface area contributed by atoms with E-state index in [4.69, 9.17) is 16.3 Å². The molecule has 2 heterocycles. The lowest BCUT2D eigenvalue weighted by atomic mass is 10.1. The van der Waals surface area contributed by atoms with Crippen molar-refractivity contribution >= 4 is 22.3 Å². The van der Waals surface area contributed by atoms with E-state index in [-0.39, 0.29) is 5.75 Å². The number of pyridine rings is 1. The molecule has 0 aliphatic heterocycles. The van der Waals surface area contributed by atoms with E-state index in [2.05, 4.69) is 9.97 Å². The monoisotopic (exact) mass is 377 g/mol. The lowest BCUT2D eigenvalue weighted by Gasteiger charge is -2.09. The number of imidazole rings is 1. The number of hydrogen-bond donors (Lipinski definition) is 1. The molecule has 25 heavy (non-hydrogen) atoms. The Morgan fingerprint density at radius 2 is 1.88 bits per heavy atom. The molecule has 1 aromatic carbocycles. The minimum absolute atomic E-state index is 0.0287. The SMILES string of the molecule is CCOc1ccc(-c2c(Cl)ncn2-c2ccc(C[SH](=O)=O)cn2)cc1. The third kappa shape index (κ3) is 4.00. The standard InChI is InChI=1S/C17H16ClN3O3S/c1-2-24-14-6-4-13(5-7-14)16-17(18)20-11-21(16)15-8-3-12(9-19-15)10-25(22)23/h3-9,11,25H,2,10H2,1H3. The molecule has 3 rings (SSSR count). The summed E-state index contributed by atoms with van der Waals surface area (Å²) in [5.74, 6) is 1.36. The van der Waals surface area contributed by atoms with Gasteiger partial charge < -0.3 is 4.74 Å². The minimum Gasteiger partial charge on any atom is -0.494 e. The summed E-state index contributed by atoms with van der Waals surface area (Å²) >= 11 is 6.26. The first kappa shape index (κ1) is 17.4. The summed E-state index contributed by atoms with van der Waals surface area (Å²) in [6.45, 7) is 2.53. The number of hydrogen-bond acceptors (Lipinski definition) is 5. The van der Waals surface area contributed by atoms with E-state index in [0.717, 1.165) is 11.3 Å². The minimum atomic E-state index is -2.48. The molecular formula is C17H16ClN3O3S. The van der Waals surface area contributed by atoms with Gasteiger partial charge in [0.05, 0.1) is 18.1 Å². The van der Waals surface area contributed by atoms with Crippen molar-refractivity contribution in [1.29, 1.82) is 0 Å². The molecule has 0 aliphatic rings. The van der Waals surface area contributed by atoms with Crippen molar-refractivity contribution in [2.75, 3.05) is 6.61 Å².